The molecular formula is C12H14N2O4. The molecule has 0 unspecified atom stereocenters. The Bertz CT molecular complexity index is 467. The van der Waals surface area contributed by atoms with E-state index in [1.54, 1.807) is 6.20 Å². The molecule has 1 amide bonds. The summed E-state index contributed by atoms with van der Waals surface area (Å²) in [6, 6.07) is 1.49. The molecule has 1 aliphatic rings. The predicted octanol–water partition coefficient (Wildman–Crippen LogP) is 1.64. The average Bonchev–Trinajstić information content (AvgIpc) is 2.39. The first kappa shape index (κ1) is 12.3. The first-order chi connectivity index (χ1) is 8.59. The lowest BCUT2D eigenvalue weighted by Gasteiger charge is -2.30. The number of likely N-dealkylation sites (tertiary alicyclic amines) is 1. The highest BCUT2D eigenvalue weighted by Gasteiger charge is 2.26. The third-order valence-electron chi connectivity index (χ3n) is 3.29. The lowest BCUT2D eigenvalue weighted by Crippen LogP contribution is -2.37. The van der Waals surface area contributed by atoms with Crippen LogP contribution in [0.25, 0.3) is 0 Å². The number of amides is 1. The highest BCUT2D eigenvalue weighted by Crippen LogP contribution is 2.29. The molecule has 18 heavy (non-hydrogen) atoms. The van der Waals surface area contributed by atoms with Gasteiger partial charge in [0.25, 0.3) is 0 Å². The van der Waals surface area contributed by atoms with Crippen LogP contribution in [0.4, 0.5) is 4.79 Å². The molecule has 0 saturated carbocycles. The summed E-state index contributed by atoms with van der Waals surface area (Å²) in [6.07, 6.45) is 3.39. The molecule has 1 aromatic heterocycles. The molecule has 2 rings (SSSR count). The third kappa shape index (κ3) is 2.42. The van der Waals surface area contributed by atoms with Crippen molar-refractivity contribution in [2.75, 3.05) is 13.1 Å². The Kier molecular flexibility index (Phi) is 3.45. The maximum absolute atomic E-state index is 11.1. The van der Waals surface area contributed by atoms with Gasteiger partial charge in [-0.3, -0.25) is 4.98 Å². The zero-order valence-electron chi connectivity index (χ0n) is 9.74. The van der Waals surface area contributed by atoms with Gasteiger partial charge in [-0.25, -0.2) is 9.59 Å². The zero-order valence-corrected chi connectivity index (χ0v) is 9.74. The topological polar surface area (TPSA) is 90.7 Å². The van der Waals surface area contributed by atoms with E-state index in [1.165, 1.54) is 17.2 Å². The van der Waals surface area contributed by atoms with Gasteiger partial charge in [-0.2, -0.15) is 0 Å². The van der Waals surface area contributed by atoms with Crippen LogP contribution in [0.5, 0.6) is 0 Å². The number of nitrogens with zero attached hydrogens (tertiary/aromatic N) is 2. The first-order valence-electron chi connectivity index (χ1n) is 5.74. The van der Waals surface area contributed by atoms with Crippen molar-refractivity contribution in [3.63, 3.8) is 0 Å². The fourth-order valence-electron chi connectivity index (χ4n) is 2.31. The van der Waals surface area contributed by atoms with Crippen molar-refractivity contribution in [3.8, 4) is 0 Å². The number of pyridine rings is 1. The Labute approximate surface area is 104 Å². The molecule has 0 aliphatic carbocycles. The van der Waals surface area contributed by atoms with E-state index in [2.05, 4.69) is 4.98 Å². The number of aromatic carboxylic acids is 1. The van der Waals surface area contributed by atoms with Crippen molar-refractivity contribution in [1.82, 2.24) is 9.88 Å². The highest BCUT2D eigenvalue weighted by molar-refractivity contribution is 5.89. The van der Waals surface area contributed by atoms with Gasteiger partial charge in [0, 0.05) is 25.5 Å². The quantitative estimate of drug-likeness (QED) is 0.832. The number of carbonyl (C=O) groups is 2. The standard InChI is InChI=1S/C12H14N2O4/c15-11(16)9-1-4-13-7-10(9)8-2-5-14(6-3-8)12(17)18/h1,4,7-8H,2-3,5-6H2,(H,15,16)(H,17,18). The minimum absolute atomic E-state index is 0.0698. The number of carboxylic acids is 1. The fourth-order valence-corrected chi connectivity index (χ4v) is 2.31. The van der Waals surface area contributed by atoms with Crippen LogP contribution < -0.4 is 0 Å². The number of hydrogen-bond donors (Lipinski definition) is 2. The number of piperidine rings is 1. The Balaban J connectivity index is 2.15. The molecular weight excluding hydrogens is 236 g/mol. The monoisotopic (exact) mass is 250 g/mol. The van der Waals surface area contributed by atoms with Crippen LogP contribution in [-0.2, 0) is 0 Å². The Morgan fingerprint density at radius 3 is 2.50 bits per heavy atom. The van der Waals surface area contributed by atoms with E-state index in [4.69, 9.17) is 10.2 Å². The lowest BCUT2D eigenvalue weighted by atomic mass is 9.88. The SMILES string of the molecule is O=C(O)c1ccncc1C1CCN(C(=O)O)CC1. The summed E-state index contributed by atoms with van der Waals surface area (Å²) in [7, 11) is 0. The van der Waals surface area contributed by atoms with Gasteiger partial charge in [-0.15, -0.1) is 0 Å². The second kappa shape index (κ2) is 5.03. The maximum Gasteiger partial charge on any atom is 0.407 e. The lowest BCUT2D eigenvalue weighted by molar-refractivity contribution is 0.0693. The Hall–Kier alpha value is -2.11. The number of hydrogen-bond acceptors (Lipinski definition) is 3. The second-order valence-electron chi connectivity index (χ2n) is 4.31. The van der Waals surface area contributed by atoms with Crippen LogP contribution >= 0.6 is 0 Å². The summed E-state index contributed by atoms with van der Waals surface area (Å²) in [5.41, 5.74) is 0.966. The molecule has 0 radical (unpaired) electrons. The van der Waals surface area contributed by atoms with Gasteiger partial charge in [0.05, 0.1) is 5.56 Å². The molecule has 1 saturated heterocycles. The predicted molar refractivity (Wildman–Crippen MR) is 62.8 cm³/mol. The van der Waals surface area contributed by atoms with Crippen molar-refractivity contribution in [3.05, 3.63) is 29.6 Å². The highest BCUT2D eigenvalue weighted by atomic mass is 16.4. The molecule has 6 heteroatoms. The van der Waals surface area contributed by atoms with Crippen LogP contribution in [0, 0.1) is 0 Å². The summed E-state index contributed by atoms with van der Waals surface area (Å²) in [5.74, 6) is -0.895. The van der Waals surface area contributed by atoms with E-state index in [-0.39, 0.29) is 11.5 Å². The molecule has 0 aromatic carbocycles. The maximum atomic E-state index is 11.1. The molecule has 2 N–H and O–H groups in total. The summed E-state index contributed by atoms with van der Waals surface area (Å²) in [4.78, 5) is 27.2. The number of carboxylic acid groups (broad SMARTS) is 2. The molecule has 1 aromatic rings. The minimum Gasteiger partial charge on any atom is -0.478 e. The largest absolute Gasteiger partial charge is 0.478 e. The van der Waals surface area contributed by atoms with Crippen molar-refractivity contribution in [2.45, 2.75) is 18.8 Å². The zero-order chi connectivity index (χ0) is 13.1. The van der Waals surface area contributed by atoms with Crippen molar-refractivity contribution >= 4 is 12.1 Å². The fraction of sp³-hybridized carbons (Fsp3) is 0.417. The van der Waals surface area contributed by atoms with Gasteiger partial charge in [-0.1, -0.05) is 0 Å². The second-order valence-corrected chi connectivity index (χ2v) is 4.31. The molecule has 2 heterocycles. The molecule has 1 fully saturated rings. The van der Waals surface area contributed by atoms with Gasteiger partial charge in [0.1, 0.15) is 0 Å². The van der Waals surface area contributed by atoms with Crippen molar-refractivity contribution in [1.29, 1.82) is 0 Å². The third-order valence-corrected chi connectivity index (χ3v) is 3.29. The molecule has 6 nitrogen and oxygen atoms in total. The van der Waals surface area contributed by atoms with E-state index in [1.807, 2.05) is 0 Å². The van der Waals surface area contributed by atoms with Crippen LogP contribution in [-0.4, -0.2) is 45.2 Å². The smallest absolute Gasteiger partial charge is 0.407 e. The van der Waals surface area contributed by atoms with E-state index in [0.717, 1.165) is 0 Å². The number of rotatable bonds is 2. The summed E-state index contributed by atoms with van der Waals surface area (Å²) < 4.78 is 0. The van der Waals surface area contributed by atoms with Crippen LogP contribution in [0.15, 0.2) is 18.5 Å². The van der Waals surface area contributed by atoms with Gasteiger partial charge in [0.15, 0.2) is 0 Å². The Morgan fingerprint density at radius 1 is 1.28 bits per heavy atom. The van der Waals surface area contributed by atoms with Gasteiger partial charge >= 0.3 is 12.1 Å². The molecule has 0 spiro atoms. The van der Waals surface area contributed by atoms with Crippen molar-refractivity contribution < 1.29 is 19.8 Å². The molecule has 1 aliphatic heterocycles. The number of aromatic nitrogens is 1. The average molecular weight is 250 g/mol. The summed E-state index contributed by atoms with van der Waals surface area (Å²) >= 11 is 0. The van der Waals surface area contributed by atoms with Crippen molar-refractivity contribution in [2.24, 2.45) is 0 Å². The minimum atomic E-state index is -0.965. The molecule has 0 atom stereocenters. The van der Waals surface area contributed by atoms with Crippen LogP contribution in [0.3, 0.4) is 0 Å². The molecule has 96 valence electrons. The van der Waals surface area contributed by atoms with E-state index >= 15 is 0 Å². The van der Waals surface area contributed by atoms with Gasteiger partial charge < -0.3 is 15.1 Å². The van der Waals surface area contributed by atoms with E-state index in [0.29, 0.717) is 31.5 Å². The van der Waals surface area contributed by atoms with E-state index in [9.17, 15) is 9.59 Å². The van der Waals surface area contributed by atoms with Crippen LogP contribution in [0.1, 0.15) is 34.7 Å². The Morgan fingerprint density at radius 2 is 1.94 bits per heavy atom. The normalized spacial score (nSPS) is 16.6. The van der Waals surface area contributed by atoms with Gasteiger partial charge in [-0.05, 0) is 30.4 Å². The summed E-state index contributed by atoms with van der Waals surface area (Å²) in [5, 5.41) is 18.0. The van der Waals surface area contributed by atoms with E-state index < -0.39 is 12.1 Å². The van der Waals surface area contributed by atoms with Crippen LogP contribution in [0.2, 0.25) is 0 Å². The first-order valence-corrected chi connectivity index (χ1v) is 5.74. The van der Waals surface area contributed by atoms with Gasteiger partial charge in [0.2, 0.25) is 0 Å². The molecule has 0 bridgehead atoms. The summed E-state index contributed by atoms with van der Waals surface area (Å²) in [6.45, 7) is 0.877.